The highest BCUT2D eigenvalue weighted by Crippen LogP contribution is 1.95. The molecule has 0 aromatic rings. The number of amides is 1. The predicted molar refractivity (Wildman–Crippen MR) is 54.4 cm³/mol. The molecule has 0 bridgehead atoms. The van der Waals surface area contributed by atoms with Gasteiger partial charge in [0.15, 0.2) is 0 Å². The largest absolute Gasteiger partial charge is 0.353 e. The third-order valence-corrected chi connectivity index (χ3v) is 1.84. The van der Waals surface area contributed by atoms with Crippen LogP contribution < -0.4 is 16.4 Å². The van der Waals surface area contributed by atoms with Crippen LogP contribution in [-0.2, 0) is 4.79 Å². The molecule has 4 nitrogen and oxygen atoms in total. The Labute approximate surface area is 80.3 Å². The zero-order chi connectivity index (χ0) is 10.3. The van der Waals surface area contributed by atoms with Gasteiger partial charge in [-0.15, -0.1) is 0 Å². The van der Waals surface area contributed by atoms with Crippen molar-refractivity contribution >= 4 is 5.91 Å². The number of carbonyl (C=O) groups excluding carboxylic acids is 1. The van der Waals surface area contributed by atoms with Crippen molar-refractivity contribution in [2.75, 3.05) is 13.6 Å². The maximum absolute atomic E-state index is 11.4. The molecule has 0 aromatic heterocycles. The second-order valence-electron chi connectivity index (χ2n) is 3.35. The molecular formula is C9H21N3O. The lowest BCUT2D eigenvalue weighted by Gasteiger charge is -2.15. The molecule has 0 saturated carbocycles. The normalized spacial score (nSPS) is 15.1. The Kier molecular flexibility index (Phi) is 6.54. The fraction of sp³-hybridized carbons (Fsp3) is 0.889. The molecule has 4 N–H and O–H groups in total. The molecule has 0 heterocycles. The second kappa shape index (κ2) is 6.86. The number of hydrogen-bond acceptors (Lipinski definition) is 3. The van der Waals surface area contributed by atoms with Crippen molar-refractivity contribution in [3.8, 4) is 0 Å². The van der Waals surface area contributed by atoms with E-state index in [1.54, 1.807) is 7.05 Å². The van der Waals surface area contributed by atoms with E-state index in [-0.39, 0.29) is 18.0 Å². The Hall–Kier alpha value is -0.610. The highest BCUT2D eigenvalue weighted by atomic mass is 16.2. The molecule has 0 spiro atoms. The Balaban J connectivity index is 3.77. The average Bonchev–Trinajstić information content (AvgIpc) is 2.10. The third-order valence-electron chi connectivity index (χ3n) is 1.84. The van der Waals surface area contributed by atoms with Gasteiger partial charge >= 0.3 is 0 Å². The molecule has 0 rings (SSSR count). The maximum Gasteiger partial charge on any atom is 0.237 e. The van der Waals surface area contributed by atoms with E-state index in [2.05, 4.69) is 17.6 Å². The van der Waals surface area contributed by atoms with Gasteiger partial charge in [-0.25, -0.2) is 0 Å². The van der Waals surface area contributed by atoms with E-state index in [4.69, 9.17) is 5.73 Å². The van der Waals surface area contributed by atoms with Crippen molar-refractivity contribution in [3.05, 3.63) is 0 Å². The summed E-state index contributed by atoms with van der Waals surface area (Å²) in [6, 6.07) is -0.0631. The van der Waals surface area contributed by atoms with Crippen LogP contribution in [0.25, 0.3) is 0 Å². The summed E-state index contributed by atoms with van der Waals surface area (Å²) in [4.78, 5) is 11.4. The second-order valence-corrected chi connectivity index (χ2v) is 3.35. The quantitative estimate of drug-likeness (QED) is 0.541. The van der Waals surface area contributed by atoms with E-state index in [0.717, 1.165) is 12.8 Å². The maximum atomic E-state index is 11.4. The fourth-order valence-electron chi connectivity index (χ4n) is 1.08. The molecule has 78 valence electrons. The topological polar surface area (TPSA) is 67.2 Å². The van der Waals surface area contributed by atoms with Gasteiger partial charge in [-0.2, -0.15) is 0 Å². The standard InChI is InChI=1S/C9H21N3O/c1-4-5-8(11-3)9(13)12-6-7(2)10/h7-8,11H,4-6,10H2,1-3H3,(H,12,13)/t7-,8?/m1/s1. The number of rotatable bonds is 6. The van der Waals surface area contributed by atoms with Crippen LogP contribution in [0.15, 0.2) is 0 Å². The molecule has 0 aromatic carbocycles. The summed E-state index contributed by atoms with van der Waals surface area (Å²) in [6.07, 6.45) is 1.86. The van der Waals surface area contributed by atoms with Crippen LogP contribution in [0.5, 0.6) is 0 Å². The van der Waals surface area contributed by atoms with Crippen LogP contribution in [0.1, 0.15) is 26.7 Å². The third kappa shape index (κ3) is 5.60. The summed E-state index contributed by atoms with van der Waals surface area (Å²) in [6.45, 7) is 4.47. The van der Waals surface area contributed by atoms with E-state index in [0.29, 0.717) is 6.54 Å². The molecule has 4 heteroatoms. The van der Waals surface area contributed by atoms with Crippen LogP contribution in [0.3, 0.4) is 0 Å². The highest BCUT2D eigenvalue weighted by molar-refractivity contribution is 5.81. The molecule has 1 unspecified atom stereocenters. The lowest BCUT2D eigenvalue weighted by atomic mass is 10.1. The van der Waals surface area contributed by atoms with Gasteiger partial charge in [-0.3, -0.25) is 4.79 Å². The minimum absolute atomic E-state index is 0.0167. The first-order valence-corrected chi connectivity index (χ1v) is 4.82. The van der Waals surface area contributed by atoms with E-state index >= 15 is 0 Å². The van der Waals surface area contributed by atoms with Crippen molar-refractivity contribution in [2.24, 2.45) is 5.73 Å². The van der Waals surface area contributed by atoms with Gasteiger partial charge in [-0.05, 0) is 20.4 Å². The molecule has 13 heavy (non-hydrogen) atoms. The first-order chi connectivity index (χ1) is 6.11. The molecule has 0 saturated heterocycles. The van der Waals surface area contributed by atoms with Crippen molar-refractivity contribution in [3.63, 3.8) is 0 Å². The molecule has 1 amide bonds. The Morgan fingerprint density at radius 2 is 2.15 bits per heavy atom. The molecule has 0 radical (unpaired) electrons. The van der Waals surface area contributed by atoms with Crippen LogP contribution in [0.2, 0.25) is 0 Å². The van der Waals surface area contributed by atoms with Crippen LogP contribution in [0.4, 0.5) is 0 Å². The summed E-state index contributed by atoms with van der Waals surface area (Å²) in [5.74, 6) is 0.0432. The summed E-state index contributed by atoms with van der Waals surface area (Å²) in [5.41, 5.74) is 5.52. The minimum atomic E-state index is -0.0799. The molecule has 0 aliphatic carbocycles. The van der Waals surface area contributed by atoms with Gasteiger partial charge in [0.05, 0.1) is 6.04 Å². The zero-order valence-electron chi connectivity index (χ0n) is 8.76. The summed E-state index contributed by atoms with van der Waals surface area (Å²) < 4.78 is 0. The van der Waals surface area contributed by atoms with E-state index in [1.807, 2.05) is 6.92 Å². The zero-order valence-corrected chi connectivity index (χ0v) is 8.76. The van der Waals surface area contributed by atoms with Gasteiger partial charge in [0, 0.05) is 12.6 Å². The monoisotopic (exact) mass is 187 g/mol. The van der Waals surface area contributed by atoms with E-state index in [9.17, 15) is 4.79 Å². The SMILES string of the molecule is CCCC(NC)C(=O)NC[C@@H](C)N. The number of nitrogens with two attached hydrogens (primary N) is 1. The number of carbonyl (C=O) groups is 1. The van der Waals surface area contributed by atoms with Crippen molar-refractivity contribution in [1.29, 1.82) is 0 Å². The summed E-state index contributed by atoms with van der Waals surface area (Å²) >= 11 is 0. The summed E-state index contributed by atoms with van der Waals surface area (Å²) in [5, 5.41) is 5.77. The number of hydrogen-bond donors (Lipinski definition) is 3. The van der Waals surface area contributed by atoms with Gasteiger partial charge in [0.2, 0.25) is 5.91 Å². The molecule has 2 atom stereocenters. The van der Waals surface area contributed by atoms with E-state index in [1.165, 1.54) is 0 Å². The number of likely N-dealkylation sites (N-methyl/N-ethyl adjacent to an activating group) is 1. The summed E-state index contributed by atoms with van der Waals surface area (Å²) in [7, 11) is 1.80. The smallest absolute Gasteiger partial charge is 0.237 e. The lowest BCUT2D eigenvalue weighted by Crippen LogP contribution is -2.45. The number of nitrogens with one attached hydrogen (secondary N) is 2. The fourth-order valence-corrected chi connectivity index (χ4v) is 1.08. The van der Waals surface area contributed by atoms with Gasteiger partial charge in [-0.1, -0.05) is 13.3 Å². The van der Waals surface area contributed by atoms with Gasteiger partial charge in [0.1, 0.15) is 0 Å². The Bertz CT molecular complexity index is 148. The van der Waals surface area contributed by atoms with Gasteiger partial charge in [0.25, 0.3) is 0 Å². The van der Waals surface area contributed by atoms with Crippen LogP contribution in [-0.4, -0.2) is 31.6 Å². The Morgan fingerprint density at radius 1 is 1.54 bits per heavy atom. The van der Waals surface area contributed by atoms with Crippen LogP contribution in [0, 0.1) is 0 Å². The highest BCUT2D eigenvalue weighted by Gasteiger charge is 2.14. The predicted octanol–water partition coefficient (Wildman–Crippen LogP) is -0.162. The minimum Gasteiger partial charge on any atom is -0.353 e. The lowest BCUT2D eigenvalue weighted by molar-refractivity contribution is -0.123. The van der Waals surface area contributed by atoms with Crippen molar-refractivity contribution in [1.82, 2.24) is 10.6 Å². The van der Waals surface area contributed by atoms with Gasteiger partial charge < -0.3 is 16.4 Å². The van der Waals surface area contributed by atoms with Crippen molar-refractivity contribution < 1.29 is 4.79 Å². The van der Waals surface area contributed by atoms with E-state index < -0.39 is 0 Å². The first kappa shape index (κ1) is 12.4. The molecular weight excluding hydrogens is 166 g/mol. The Morgan fingerprint density at radius 3 is 2.54 bits per heavy atom. The van der Waals surface area contributed by atoms with Crippen LogP contribution >= 0.6 is 0 Å². The first-order valence-electron chi connectivity index (χ1n) is 4.82. The molecule has 0 aliphatic heterocycles. The molecule has 0 aliphatic rings. The van der Waals surface area contributed by atoms with Crippen molar-refractivity contribution in [2.45, 2.75) is 38.8 Å². The average molecular weight is 187 g/mol. The molecule has 0 fully saturated rings.